The molecule has 0 aliphatic heterocycles. The molecule has 3 N–H and O–H groups in total. The summed E-state index contributed by atoms with van der Waals surface area (Å²) in [5.41, 5.74) is -1.63. The molecule has 1 aromatic rings. The Morgan fingerprint density at radius 2 is 2.00 bits per heavy atom. The van der Waals surface area contributed by atoms with Crippen molar-refractivity contribution in [1.82, 2.24) is 10.6 Å². The van der Waals surface area contributed by atoms with E-state index in [9.17, 15) is 23.1 Å². The largest absolute Gasteiger partial charge is 0.394 e. The van der Waals surface area contributed by atoms with Crippen LogP contribution in [0.4, 0.5) is 18.0 Å². The number of carbonyl (C=O) groups is 1. The summed E-state index contributed by atoms with van der Waals surface area (Å²) in [6.45, 7) is -0.302. The van der Waals surface area contributed by atoms with Crippen LogP contribution in [0, 0.1) is 5.41 Å². The Hall–Kier alpha value is -1.28. The van der Waals surface area contributed by atoms with Crippen LogP contribution < -0.4 is 10.6 Å². The van der Waals surface area contributed by atoms with Gasteiger partial charge in [0, 0.05) is 10.0 Å². The summed E-state index contributed by atoms with van der Waals surface area (Å²) in [5, 5.41) is 14.7. The Morgan fingerprint density at radius 1 is 1.35 bits per heavy atom. The van der Waals surface area contributed by atoms with Crippen LogP contribution in [-0.2, 0) is 0 Å². The van der Waals surface area contributed by atoms with E-state index in [0.717, 1.165) is 4.47 Å². The molecular weight excluding hydrogens is 377 g/mol. The standard InChI is InChI=1S/C15H16BrF3N2O2/c16-10-3-1-2-9(4-10)11(5-22)20-12(23)21-14-6-13(7-14,8-14)15(17,18)19/h1-4,11,22H,5-8H2,(H2,20,21,23)/t11-,13?,14?/m0/s1. The van der Waals surface area contributed by atoms with Crippen LogP contribution in [0.2, 0.25) is 0 Å². The number of aliphatic hydroxyl groups is 1. The van der Waals surface area contributed by atoms with Crippen LogP contribution in [-0.4, -0.2) is 29.5 Å². The van der Waals surface area contributed by atoms with Gasteiger partial charge < -0.3 is 15.7 Å². The SMILES string of the molecule is O=C(N[C@@H](CO)c1cccc(Br)c1)NC12CC(C(F)(F)F)(C1)C2. The lowest BCUT2D eigenvalue weighted by atomic mass is 9.39. The summed E-state index contributed by atoms with van der Waals surface area (Å²) >= 11 is 3.31. The first kappa shape index (κ1) is 16.6. The van der Waals surface area contributed by atoms with E-state index in [1.165, 1.54) is 0 Å². The van der Waals surface area contributed by atoms with Crippen LogP contribution in [0.25, 0.3) is 0 Å². The molecule has 1 atom stereocenters. The lowest BCUT2D eigenvalue weighted by Crippen LogP contribution is -2.79. The van der Waals surface area contributed by atoms with Gasteiger partial charge in [-0.1, -0.05) is 28.1 Å². The molecule has 3 fully saturated rings. The third-order valence-corrected chi connectivity index (χ3v) is 5.24. The molecule has 1 aromatic carbocycles. The van der Waals surface area contributed by atoms with Crippen molar-refractivity contribution >= 4 is 22.0 Å². The van der Waals surface area contributed by atoms with Gasteiger partial charge in [0.1, 0.15) is 0 Å². The number of rotatable bonds is 4. The molecule has 0 radical (unpaired) electrons. The first-order valence-corrected chi connectivity index (χ1v) is 8.00. The van der Waals surface area contributed by atoms with Crippen LogP contribution in [0.1, 0.15) is 30.9 Å². The lowest BCUT2D eigenvalue weighted by Gasteiger charge is -2.70. The second kappa shape index (κ2) is 5.37. The highest BCUT2D eigenvalue weighted by Gasteiger charge is 2.79. The molecule has 3 aliphatic rings. The number of nitrogens with one attached hydrogen (secondary N) is 2. The molecule has 4 nitrogen and oxygen atoms in total. The van der Waals surface area contributed by atoms with E-state index >= 15 is 0 Å². The quantitative estimate of drug-likeness (QED) is 0.736. The van der Waals surface area contributed by atoms with Gasteiger partial charge in [-0.15, -0.1) is 0 Å². The van der Waals surface area contributed by atoms with E-state index in [1.807, 2.05) is 6.07 Å². The van der Waals surface area contributed by atoms with E-state index < -0.39 is 29.2 Å². The molecule has 0 heterocycles. The minimum absolute atomic E-state index is 0.0579. The number of carbonyl (C=O) groups excluding carboxylic acids is 1. The van der Waals surface area contributed by atoms with Crippen molar-refractivity contribution in [3.05, 3.63) is 34.3 Å². The number of alkyl halides is 3. The molecule has 126 valence electrons. The number of urea groups is 1. The summed E-state index contributed by atoms with van der Waals surface area (Å²) in [5.74, 6) is 0. The Balaban J connectivity index is 1.56. The maximum atomic E-state index is 12.8. The van der Waals surface area contributed by atoms with Gasteiger partial charge >= 0.3 is 12.2 Å². The van der Waals surface area contributed by atoms with Crippen molar-refractivity contribution in [2.75, 3.05) is 6.61 Å². The average Bonchev–Trinajstić information content (AvgIpc) is 2.37. The van der Waals surface area contributed by atoms with Gasteiger partial charge in [0.05, 0.1) is 18.1 Å². The highest BCUT2D eigenvalue weighted by Crippen LogP contribution is 2.73. The number of halogens is 4. The zero-order chi connectivity index (χ0) is 16.9. The predicted octanol–water partition coefficient (Wildman–Crippen LogP) is 3.27. The molecule has 2 bridgehead atoms. The summed E-state index contributed by atoms with van der Waals surface area (Å²) in [6, 6.07) is 5.94. The molecule has 2 amide bonds. The molecule has 23 heavy (non-hydrogen) atoms. The van der Waals surface area contributed by atoms with Crippen molar-refractivity contribution in [1.29, 1.82) is 0 Å². The average molecular weight is 393 g/mol. The topological polar surface area (TPSA) is 61.4 Å². The molecule has 8 heteroatoms. The minimum Gasteiger partial charge on any atom is -0.394 e. The number of amides is 2. The fourth-order valence-electron chi connectivity index (χ4n) is 3.61. The first-order valence-electron chi connectivity index (χ1n) is 7.20. The number of benzene rings is 1. The summed E-state index contributed by atoms with van der Waals surface area (Å²) in [4.78, 5) is 12.0. The highest BCUT2D eigenvalue weighted by atomic mass is 79.9. The molecule has 0 saturated heterocycles. The molecule has 0 spiro atoms. The Labute approximate surface area is 139 Å². The fraction of sp³-hybridized carbons (Fsp3) is 0.533. The Kier molecular flexibility index (Phi) is 3.87. The van der Waals surface area contributed by atoms with E-state index in [-0.39, 0.29) is 25.9 Å². The predicted molar refractivity (Wildman–Crippen MR) is 80.7 cm³/mol. The second-order valence-corrected chi connectivity index (χ2v) is 7.39. The summed E-state index contributed by atoms with van der Waals surface area (Å²) < 4.78 is 39.2. The third-order valence-electron chi connectivity index (χ3n) is 4.75. The van der Waals surface area contributed by atoms with E-state index in [2.05, 4.69) is 26.6 Å². The molecule has 3 aliphatic carbocycles. The molecule has 0 unspecified atom stereocenters. The normalized spacial score (nSPS) is 30.0. The van der Waals surface area contributed by atoms with Crippen LogP contribution in [0.3, 0.4) is 0 Å². The van der Waals surface area contributed by atoms with Gasteiger partial charge in [-0.05, 0) is 37.0 Å². The van der Waals surface area contributed by atoms with Gasteiger partial charge in [0.2, 0.25) is 0 Å². The van der Waals surface area contributed by atoms with E-state index in [0.29, 0.717) is 5.56 Å². The van der Waals surface area contributed by atoms with Crippen molar-refractivity contribution in [3.8, 4) is 0 Å². The maximum Gasteiger partial charge on any atom is 0.394 e. The van der Waals surface area contributed by atoms with Gasteiger partial charge in [-0.25, -0.2) is 4.79 Å². The second-order valence-electron chi connectivity index (χ2n) is 6.48. The minimum atomic E-state index is -4.20. The van der Waals surface area contributed by atoms with Crippen molar-refractivity contribution in [2.45, 2.75) is 37.0 Å². The maximum absolute atomic E-state index is 12.8. The van der Waals surface area contributed by atoms with Crippen molar-refractivity contribution < 1.29 is 23.1 Å². The van der Waals surface area contributed by atoms with Gasteiger partial charge in [0.25, 0.3) is 0 Å². The zero-order valence-corrected chi connectivity index (χ0v) is 13.7. The summed E-state index contributed by atoms with van der Waals surface area (Å²) in [6.07, 6.45) is -4.37. The Bertz CT molecular complexity index is 616. The Morgan fingerprint density at radius 3 is 2.52 bits per heavy atom. The van der Waals surface area contributed by atoms with Crippen molar-refractivity contribution in [3.63, 3.8) is 0 Å². The van der Waals surface area contributed by atoms with Gasteiger partial charge in [-0.2, -0.15) is 13.2 Å². The molecule has 3 saturated carbocycles. The highest BCUT2D eigenvalue weighted by molar-refractivity contribution is 9.10. The van der Waals surface area contributed by atoms with Crippen molar-refractivity contribution in [2.24, 2.45) is 5.41 Å². The van der Waals surface area contributed by atoms with Crippen LogP contribution in [0.5, 0.6) is 0 Å². The number of aliphatic hydroxyl groups excluding tert-OH is 1. The number of hydrogen-bond donors (Lipinski definition) is 3. The monoisotopic (exact) mass is 392 g/mol. The van der Waals surface area contributed by atoms with Crippen LogP contribution in [0.15, 0.2) is 28.7 Å². The van der Waals surface area contributed by atoms with Gasteiger partial charge in [-0.3, -0.25) is 0 Å². The lowest BCUT2D eigenvalue weighted by molar-refractivity contribution is -0.336. The third kappa shape index (κ3) is 2.82. The molecule has 0 aromatic heterocycles. The molecular formula is C15H16BrF3N2O2. The summed E-state index contributed by atoms with van der Waals surface area (Å²) in [7, 11) is 0. The smallest absolute Gasteiger partial charge is 0.394 e. The zero-order valence-electron chi connectivity index (χ0n) is 12.1. The molecule has 4 rings (SSSR count). The number of hydrogen-bond acceptors (Lipinski definition) is 2. The fourth-order valence-corrected chi connectivity index (χ4v) is 4.03. The first-order chi connectivity index (χ1) is 10.7. The van der Waals surface area contributed by atoms with Crippen LogP contribution >= 0.6 is 15.9 Å². The van der Waals surface area contributed by atoms with E-state index in [4.69, 9.17) is 0 Å². The van der Waals surface area contributed by atoms with E-state index in [1.54, 1.807) is 18.2 Å². The van der Waals surface area contributed by atoms with Gasteiger partial charge in [0.15, 0.2) is 0 Å².